The molecule has 0 aromatic heterocycles. The van der Waals surface area contributed by atoms with Gasteiger partial charge in [-0.2, -0.15) is 0 Å². The fraction of sp³-hybridized carbons (Fsp3) is 0.240. The number of hydrogen-bond donors (Lipinski definition) is 0. The van der Waals surface area contributed by atoms with Crippen molar-refractivity contribution in [1.82, 2.24) is 0 Å². The second-order valence-electron chi connectivity index (χ2n) is 13.6. The van der Waals surface area contributed by atoms with E-state index in [2.05, 4.69) is 48.5 Å². The summed E-state index contributed by atoms with van der Waals surface area (Å²) in [7, 11) is 0. The SMILES string of the molecule is C(=NCCCCCCCCN=Cc1cccc(OCc2ccccc2)c1OCc1ccccc1)c1cccc(OCc2ccccc2)c1OCc1ccccc1. The molecule has 6 nitrogen and oxygen atoms in total. The topological polar surface area (TPSA) is 61.6 Å². The van der Waals surface area contributed by atoms with Crippen LogP contribution in [0.1, 0.15) is 71.9 Å². The second kappa shape index (κ2) is 22.9. The van der Waals surface area contributed by atoms with Gasteiger partial charge in [0, 0.05) is 36.6 Å². The summed E-state index contributed by atoms with van der Waals surface area (Å²) < 4.78 is 25.2. The lowest BCUT2D eigenvalue weighted by molar-refractivity contribution is 0.255. The van der Waals surface area contributed by atoms with Crippen molar-refractivity contribution in [2.75, 3.05) is 13.1 Å². The first kappa shape index (κ1) is 39.6. The molecular formula is C50H52N2O4. The Morgan fingerprint density at radius 2 is 0.643 bits per heavy atom. The van der Waals surface area contributed by atoms with Gasteiger partial charge in [-0.15, -0.1) is 0 Å². The van der Waals surface area contributed by atoms with Crippen LogP contribution in [0.2, 0.25) is 0 Å². The van der Waals surface area contributed by atoms with Gasteiger partial charge in [-0.1, -0.05) is 159 Å². The number of ether oxygens (including phenoxy) is 4. The van der Waals surface area contributed by atoms with Crippen molar-refractivity contribution in [2.45, 2.75) is 65.0 Å². The highest BCUT2D eigenvalue weighted by molar-refractivity contribution is 5.85. The minimum Gasteiger partial charge on any atom is -0.485 e. The summed E-state index contributed by atoms with van der Waals surface area (Å²) in [5.41, 5.74) is 6.28. The van der Waals surface area contributed by atoms with Gasteiger partial charge in [0.15, 0.2) is 23.0 Å². The van der Waals surface area contributed by atoms with E-state index in [4.69, 9.17) is 28.9 Å². The average molecular weight is 745 g/mol. The van der Waals surface area contributed by atoms with Crippen LogP contribution in [0.25, 0.3) is 0 Å². The molecule has 286 valence electrons. The van der Waals surface area contributed by atoms with E-state index in [9.17, 15) is 0 Å². The Balaban J connectivity index is 0.933. The summed E-state index contributed by atoms with van der Waals surface area (Å²) >= 11 is 0. The third-order valence-corrected chi connectivity index (χ3v) is 9.23. The maximum Gasteiger partial charge on any atom is 0.170 e. The Morgan fingerprint density at radius 1 is 0.321 bits per heavy atom. The zero-order valence-corrected chi connectivity index (χ0v) is 32.2. The van der Waals surface area contributed by atoms with Crippen molar-refractivity contribution in [2.24, 2.45) is 9.98 Å². The van der Waals surface area contributed by atoms with E-state index in [1.807, 2.05) is 122 Å². The van der Waals surface area contributed by atoms with E-state index >= 15 is 0 Å². The summed E-state index contributed by atoms with van der Waals surface area (Å²) in [6.07, 6.45) is 10.6. The zero-order valence-electron chi connectivity index (χ0n) is 32.2. The van der Waals surface area contributed by atoms with E-state index in [0.717, 1.165) is 95.2 Å². The number of nitrogens with zero attached hydrogens (tertiary/aromatic N) is 2. The Hall–Kier alpha value is -6.14. The van der Waals surface area contributed by atoms with Crippen LogP contribution in [-0.2, 0) is 26.4 Å². The standard InChI is InChI=1S/C50H52N2O4/c1(3-17-33-51-35-45-29-19-31-47(53-37-41-21-9-5-10-22-41)49(45)55-39-43-25-13-7-14-26-43)2-4-18-34-52-36-46-30-20-32-48(54-38-42-23-11-6-12-24-42)50(46)56-40-44-27-15-8-16-28-44/h5-16,19-32,35-36H,1-4,17-18,33-34,37-40H2. The molecule has 6 aromatic carbocycles. The first-order valence-corrected chi connectivity index (χ1v) is 19.7. The van der Waals surface area contributed by atoms with Crippen LogP contribution in [0.3, 0.4) is 0 Å². The molecule has 0 fully saturated rings. The number of aliphatic imine (C=N–C) groups is 2. The van der Waals surface area contributed by atoms with Gasteiger partial charge in [0.1, 0.15) is 26.4 Å². The molecule has 0 aliphatic carbocycles. The average Bonchev–Trinajstić information content (AvgIpc) is 3.26. The molecule has 56 heavy (non-hydrogen) atoms. The van der Waals surface area contributed by atoms with E-state index in [-0.39, 0.29) is 0 Å². The lowest BCUT2D eigenvalue weighted by Gasteiger charge is -2.15. The molecule has 6 heteroatoms. The van der Waals surface area contributed by atoms with Crippen molar-refractivity contribution in [3.8, 4) is 23.0 Å². The van der Waals surface area contributed by atoms with Gasteiger partial charge in [-0.25, -0.2) is 0 Å². The molecule has 6 rings (SSSR count). The Morgan fingerprint density at radius 3 is 1.00 bits per heavy atom. The van der Waals surface area contributed by atoms with Gasteiger partial charge in [0.05, 0.1) is 0 Å². The van der Waals surface area contributed by atoms with E-state index in [0.29, 0.717) is 26.4 Å². The van der Waals surface area contributed by atoms with Gasteiger partial charge in [-0.3, -0.25) is 9.98 Å². The van der Waals surface area contributed by atoms with E-state index in [1.54, 1.807) is 0 Å². The number of hydrogen-bond acceptors (Lipinski definition) is 6. The third kappa shape index (κ3) is 13.3. The Labute approximate surface area is 332 Å². The zero-order chi connectivity index (χ0) is 38.3. The molecule has 0 saturated carbocycles. The van der Waals surface area contributed by atoms with E-state index in [1.165, 1.54) is 12.8 Å². The summed E-state index contributed by atoms with van der Waals surface area (Å²) in [4.78, 5) is 9.55. The van der Waals surface area contributed by atoms with Crippen LogP contribution in [0.5, 0.6) is 23.0 Å². The fourth-order valence-corrected chi connectivity index (χ4v) is 6.17. The monoisotopic (exact) mass is 744 g/mol. The number of para-hydroxylation sites is 2. The van der Waals surface area contributed by atoms with Gasteiger partial charge in [0.25, 0.3) is 0 Å². The quantitative estimate of drug-likeness (QED) is 0.0484. The lowest BCUT2D eigenvalue weighted by Crippen LogP contribution is -2.03. The van der Waals surface area contributed by atoms with Crippen molar-refractivity contribution in [1.29, 1.82) is 0 Å². The third-order valence-electron chi connectivity index (χ3n) is 9.23. The fourth-order valence-electron chi connectivity index (χ4n) is 6.17. The highest BCUT2D eigenvalue weighted by atomic mass is 16.5. The van der Waals surface area contributed by atoms with Crippen LogP contribution in [-0.4, -0.2) is 25.5 Å². The second-order valence-corrected chi connectivity index (χ2v) is 13.6. The van der Waals surface area contributed by atoms with Crippen LogP contribution in [0.4, 0.5) is 0 Å². The summed E-state index contributed by atoms with van der Waals surface area (Å²) in [5.74, 6) is 2.88. The first-order chi connectivity index (χ1) is 27.8. The molecule has 0 spiro atoms. The van der Waals surface area contributed by atoms with Crippen molar-refractivity contribution in [3.05, 3.63) is 191 Å². The summed E-state index contributed by atoms with van der Waals surface area (Å²) in [6, 6.07) is 52.8. The molecule has 0 aliphatic heterocycles. The Kier molecular flexibility index (Phi) is 16.2. The van der Waals surface area contributed by atoms with Crippen LogP contribution in [0, 0.1) is 0 Å². The van der Waals surface area contributed by atoms with Crippen LogP contribution in [0.15, 0.2) is 168 Å². The minimum absolute atomic E-state index is 0.459. The highest BCUT2D eigenvalue weighted by Gasteiger charge is 2.13. The van der Waals surface area contributed by atoms with Gasteiger partial charge in [0.2, 0.25) is 0 Å². The smallest absolute Gasteiger partial charge is 0.170 e. The molecule has 0 aliphatic rings. The van der Waals surface area contributed by atoms with Crippen molar-refractivity contribution < 1.29 is 18.9 Å². The van der Waals surface area contributed by atoms with Gasteiger partial charge in [-0.05, 0) is 59.4 Å². The van der Waals surface area contributed by atoms with Crippen molar-refractivity contribution >= 4 is 12.4 Å². The maximum atomic E-state index is 6.34. The molecule has 0 heterocycles. The molecule has 0 radical (unpaired) electrons. The molecular weight excluding hydrogens is 693 g/mol. The molecule has 0 bridgehead atoms. The first-order valence-electron chi connectivity index (χ1n) is 19.7. The largest absolute Gasteiger partial charge is 0.485 e. The lowest BCUT2D eigenvalue weighted by atomic mass is 10.1. The molecule has 6 aromatic rings. The van der Waals surface area contributed by atoms with E-state index < -0.39 is 0 Å². The normalized spacial score (nSPS) is 11.2. The molecule has 0 N–H and O–H groups in total. The molecule has 0 unspecified atom stereocenters. The predicted octanol–water partition coefficient (Wildman–Crippen LogP) is 11.9. The van der Waals surface area contributed by atoms with Crippen LogP contribution >= 0.6 is 0 Å². The highest BCUT2D eigenvalue weighted by Crippen LogP contribution is 2.33. The van der Waals surface area contributed by atoms with Crippen molar-refractivity contribution in [3.63, 3.8) is 0 Å². The minimum atomic E-state index is 0.459. The molecule has 0 atom stereocenters. The number of rotatable bonds is 23. The van der Waals surface area contributed by atoms with Crippen LogP contribution < -0.4 is 18.9 Å². The predicted molar refractivity (Wildman–Crippen MR) is 229 cm³/mol. The number of benzene rings is 6. The van der Waals surface area contributed by atoms with Gasteiger partial charge >= 0.3 is 0 Å². The molecule has 0 amide bonds. The maximum absolute atomic E-state index is 6.34. The molecule has 0 saturated heterocycles. The summed E-state index contributed by atoms with van der Waals surface area (Å²) in [6.45, 7) is 3.42. The van der Waals surface area contributed by atoms with Gasteiger partial charge < -0.3 is 18.9 Å². The number of unbranched alkanes of at least 4 members (excludes halogenated alkanes) is 5. The summed E-state index contributed by atoms with van der Waals surface area (Å²) in [5, 5.41) is 0. The Bertz CT molecular complexity index is 1900.